The molecule has 0 bridgehead atoms. The molecule has 0 saturated heterocycles. The summed E-state index contributed by atoms with van der Waals surface area (Å²) in [6.45, 7) is 2.39. The molecule has 8 heteroatoms. The van der Waals surface area contributed by atoms with Gasteiger partial charge in [0.05, 0.1) is 37.5 Å². The number of amides is 1. The maximum Gasteiger partial charge on any atom is 0.263 e. The second-order valence-corrected chi connectivity index (χ2v) is 7.33. The number of methoxy groups -OCH3 is 2. The summed E-state index contributed by atoms with van der Waals surface area (Å²) in [5.74, 6) is 0.204. The standard InChI is InChI=1S/C26H23FN2O5/c1-4-34-17-11-9-16(10-12-17)29-15-20(25(30)28-22-8-6-5-7-21(22)27)18-13-23(32-2)24(33-3)14-19(18)26(29)31/h5-15H,4H2,1-3H3,(H,28,30). The van der Waals surface area contributed by atoms with Crippen molar-refractivity contribution in [3.05, 3.63) is 88.6 Å². The zero-order valence-electron chi connectivity index (χ0n) is 18.9. The lowest BCUT2D eigenvalue weighted by atomic mass is 10.0. The van der Waals surface area contributed by atoms with E-state index in [0.717, 1.165) is 0 Å². The third kappa shape index (κ3) is 4.30. The fourth-order valence-corrected chi connectivity index (χ4v) is 3.66. The Labute approximate surface area is 195 Å². The van der Waals surface area contributed by atoms with Crippen LogP contribution in [-0.4, -0.2) is 31.3 Å². The molecule has 3 aromatic carbocycles. The van der Waals surface area contributed by atoms with Crippen LogP contribution in [0, 0.1) is 5.82 Å². The number of hydrogen-bond acceptors (Lipinski definition) is 5. The van der Waals surface area contributed by atoms with Crippen molar-refractivity contribution in [2.24, 2.45) is 0 Å². The lowest BCUT2D eigenvalue weighted by molar-refractivity contribution is 0.102. The van der Waals surface area contributed by atoms with Crippen LogP contribution in [0.3, 0.4) is 0 Å². The molecule has 4 rings (SSSR count). The van der Waals surface area contributed by atoms with Gasteiger partial charge in [-0.1, -0.05) is 12.1 Å². The summed E-state index contributed by atoms with van der Waals surface area (Å²) in [6, 6.07) is 15.9. The summed E-state index contributed by atoms with van der Waals surface area (Å²) >= 11 is 0. The van der Waals surface area contributed by atoms with E-state index in [1.165, 1.54) is 49.2 Å². The Kier molecular flexibility index (Phi) is 6.49. The number of hydrogen-bond donors (Lipinski definition) is 1. The van der Waals surface area contributed by atoms with Crippen LogP contribution < -0.4 is 25.1 Å². The molecule has 1 aromatic heterocycles. The van der Waals surface area contributed by atoms with Crippen LogP contribution in [0.4, 0.5) is 10.1 Å². The summed E-state index contributed by atoms with van der Waals surface area (Å²) in [7, 11) is 2.92. The lowest BCUT2D eigenvalue weighted by Gasteiger charge is -2.15. The third-order valence-corrected chi connectivity index (χ3v) is 5.31. The fraction of sp³-hybridized carbons (Fsp3) is 0.154. The molecule has 0 saturated carbocycles. The van der Waals surface area contributed by atoms with Gasteiger partial charge in [-0.3, -0.25) is 14.2 Å². The molecule has 1 amide bonds. The molecule has 4 aromatic rings. The summed E-state index contributed by atoms with van der Waals surface area (Å²) in [5, 5.41) is 3.18. The first-order valence-corrected chi connectivity index (χ1v) is 10.6. The van der Waals surface area contributed by atoms with Gasteiger partial charge in [-0.25, -0.2) is 4.39 Å². The smallest absolute Gasteiger partial charge is 0.263 e. The Balaban J connectivity index is 1.93. The summed E-state index contributed by atoms with van der Waals surface area (Å²) in [4.78, 5) is 26.7. The van der Waals surface area contributed by atoms with E-state index in [-0.39, 0.29) is 22.2 Å². The number of aromatic nitrogens is 1. The van der Waals surface area contributed by atoms with E-state index >= 15 is 0 Å². The van der Waals surface area contributed by atoms with Crippen molar-refractivity contribution in [1.82, 2.24) is 4.57 Å². The van der Waals surface area contributed by atoms with Gasteiger partial charge in [0.1, 0.15) is 11.6 Å². The van der Waals surface area contributed by atoms with E-state index in [4.69, 9.17) is 14.2 Å². The zero-order chi connectivity index (χ0) is 24.2. The average molecular weight is 462 g/mol. The maximum atomic E-state index is 14.2. The van der Waals surface area contributed by atoms with E-state index < -0.39 is 11.7 Å². The number of ether oxygens (including phenoxy) is 3. The van der Waals surface area contributed by atoms with E-state index in [2.05, 4.69) is 5.32 Å². The quantitative estimate of drug-likeness (QED) is 0.427. The van der Waals surface area contributed by atoms with Crippen molar-refractivity contribution in [3.8, 4) is 22.9 Å². The van der Waals surface area contributed by atoms with E-state index in [1.807, 2.05) is 6.92 Å². The Bertz CT molecular complexity index is 1410. The number of nitrogens with one attached hydrogen (secondary N) is 1. The first kappa shape index (κ1) is 22.8. The molecule has 174 valence electrons. The minimum atomic E-state index is -0.581. The predicted octanol–water partition coefficient (Wildman–Crippen LogP) is 4.80. The first-order valence-electron chi connectivity index (χ1n) is 10.6. The monoisotopic (exact) mass is 462 g/mol. The lowest BCUT2D eigenvalue weighted by Crippen LogP contribution is -2.23. The molecular weight excluding hydrogens is 439 g/mol. The highest BCUT2D eigenvalue weighted by Crippen LogP contribution is 2.33. The number of nitrogens with zero attached hydrogens (tertiary/aromatic N) is 1. The molecule has 0 radical (unpaired) electrons. The number of anilines is 1. The summed E-state index contributed by atoms with van der Waals surface area (Å²) in [5.41, 5.74) is 0.361. The first-order chi connectivity index (χ1) is 16.5. The van der Waals surface area contributed by atoms with Crippen LogP contribution in [0.1, 0.15) is 17.3 Å². The number of para-hydroxylation sites is 1. The van der Waals surface area contributed by atoms with Gasteiger partial charge in [-0.05, 0) is 55.5 Å². The van der Waals surface area contributed by atoms with Crippen molar-refractivity contribution >= 4 is 22.4 Å². The number of carbonyl (C=O) groups excluding carboxylic acids is 1. The molecule has 1 N–H and O–H groups in total. The number of carbonyl (C=O) groups is 1. The molecule has 0 atom stereocenters. The second kappa shape index (κ2) is 9.66. The van der Waals surface area contributed by atoms with Crippen molar-refractivity contribution < 1.29 is 23.4 Å². The second-order valence-electron chi connectivity index (χ2n) is 7.33. The molecule has 34 heavy (non-hydrogen) atoms. The van der Waals surface area contributed by atoms with Crippen LogP contribution in [0.15, 0.2) is 71.7 Å². The van der Waals surface area contributed by atoms with Crippen LogP contribution >= 0.6 is 0 Å². The maximum absolute atomic E-state index is 14.2. The molecule has 0 unspecified atom stereocenters. The minimum absolute atomic E-state index is 0.0277. The Morgan fingerprint density at radius 1 is 0.971 bits per heavy atom. The molecular formula is C26H23FN2O5. The highest BCUT2D eigenvalue weighted by atomic mass is 19.1. The van der Waals surface area contributed by atoms with Crippen molar-refractivity contribution in [3.63, 3.8) is 0 Å². The van der Waals surface area contributed by atoms with Crippen LogP contribution in [-0.2, 0) is 0 Å². The minimum Gasteiger partial charge on any atom is -0.494 e. The molecule has 0 aliphatic carbocycles. The normalized spacial score (nSPS) is 10.7. The van der Waals surface area contributed by atoms with Gasteiger partial charge in [-0.2, -0.15) is 0 Å². The molecule has 0 aliphatic heterocycles. The molecule has 0 fully saturated rings. The van der Waals surface area contributed by atoms with Gasteiger partial charge in [0, 0.05) is 17.3 Å². The largest absolute Gasteiger partial charge is 0.494 e. The number of benzene rings is 3. The Morgan fingerprint density at radius 2 is 1.62 bits per heavy atom. The van der Waals surface area contributed by atoms with Gasteiger partial charge in [-0.15, -0.1) is 0 Å². The van der Waals surface area contributed by atoms with Crippen LogP contribution in [0.25, 0.3) is 16.5 Å². The van der Waals surface area contributed by atoms with Gasteiger partial charge < -0.3 is 19.5 Å². The SMILES string of the molecule is CCOc1ccc(-n2cc(C(=O)Nc3ccccc3F)c3cc(OC)c(OC)cc3c2=O)cc1. The highest BCUT2D eigenvalue weighted by molar-refractivity contribution is 6.13. The van der Waals surface area contributed by atoms with Gasteiger partial charge in [0.25, 0.3) is 11.5 Å². The Hall–Kier alpha value is -4.33. The zero-order valence-corrected chi connectivity index (χ0v) is 18.9. The van der Waals surface area contributed by atoms with Crippen molar-refractivity contribution in [1.29, 1.82) is 0 Å². The van der Waals surface area contributed by atoms with E-state index in [1.54, 1.807) is 36.4 Å². The van der Waals surface area contributed by atoms with Gasteiger partial charge in [0.2, 0.25) is 0 Å². The van der Waals surface area contributed by atoms with E-state index in [0.29, 0.717) is 34.9 Å². The van der Waals surface area contributed by atoms with Crippen LogP contribution in [0.2, 0.25) is 0 Å². The molecule has 0 spiro atoms. The topological polar surface area (TPSA) is 78.8 Å². The highest BCUT2D eigenvalue weighted by Gasteiger charge is 2.20. The average Bonchev–Trinajstić information content (AvgIpc) is 2.85. The van der Waals surface area contributed by atoms with Crippen molar-refractivity contribution in [2.75, 3.05) is 26.1 Å². The molecule has 1 heterocycles. The van der Waals surface area contributed by atoms with Gasteiger partial charge >= 0.3 is 0 Å². The Morgan fingerprint density at radius 3 is 2.24 bits per heavy atom. The number of fused-ring (bicyclic) bond motifs is 1. The number of rotatable bonds is 7. The summed E-state index contributed by atoms with van der Waals surface area (Å²) in [6.07, 6.45) is 1.43. The van der Waals surface area contributed by atoms with Crippen molar-refractivity contribution in [2.45, 2.75) is 6.92 Å². The molecule has 0 aliphatic rings. The molecule has 7 nitrogen and oxygen atoms in total. The van der Waals surface area contributed by atoms with Crippen LogP contribution in [0.5, 0.6) is 17.2 Å². The third-order valence-electron chi connectivity index (χ3n) is 5.31. The fourth-order valence-electron chi connectivity index (χ4n) is 3.66. The number of halogens is 1. The summed E-state index contributed by atoms with van der Waals surface area (Å²) < 4.78 is 31.8. The number of pyridine rings is 1. The van der Waals surface area contributed by atoms with Gasteiger partial charge in [0.15, 0.2) is 11.5 Å². The predicted molar refractivity (Wildman–Crippen MR) is 128 cm³/mol. The van der Waals surface area contributed by atoms with E-state index in [9.17, 15) is 14.0 Å².